The smallest absolute Gasteiger partial charge is 0.119 e. The van der Waals surface area contributed by atoms with Crippen molar-refractivity contribution in [3.05, 3.63) is 50.1 Å². The van der Waals surface area contributed by atoms with Gasteiger partial charge < -0.3 is 4.74 Å². The van der Waals surface area contributed by atoms with Crippen molar-refractivity contribution >= 4 is 27.3 Å². The fraction of sp³-hybridized carbons (Fsp3) is 0.333. The SMILES string of the molecule is CCc1ccc(CC(NN)c2cc(OC)ccc2Br)s1. The summed E-state index contributed by atoms with van der Waals surface area (Å²) in [5, 5.41) is 0. The average molecular weight is 355 g/mol. The van der Waals surface area contributed by atoms with E-state index in [2.05, 4.69) is 40.4 Å². The predicted octanol–water partition coefficient (Wildman–Crippen LogP) is 3.83. The van der Waals surface area contributed by atoms with Gasteiger partial charge in [-0.2, -0.15) is 0 Å². The summed E-state index contributed by atoms with van der Waals surface area (Å²) in [6.45, 7) is 2.17. The zero-order valence-electron chi connectivity index (χ0n) is 11.7. The highest BCUT2D eigenvalue weighted by Crippen LogP contribution is 2.31. The van der Waals surface area contributed by atoms with E-state index in [0.717, 1.165) is 28.6 Å². The van der Waals surface area contributed by atoms with Gasteiger partial charge >= 0.3 is 0 Å². The number of nitrogens with one attached hydrogen (secondary N) is 1. The van der Waals surface area contributed by atoms with Gasteiger partial charge in [0.05, 0.1) is 13.2 Å². The lowest BCUT2D eigenvalue weighted by atomic mass is 10.0. The molecule has 2 rings (SSSR count). The highest BCUT2D eigenvalue weighted by Gasteiger charge is 2.16. The van der Waals surface area contributed by atoms with Gasteiger partial charge in [0.1, 0.15) is 5.75 Å². The van der Waals surface area contributed by atoms with Crippen LogP contribution in [0.3, 0.4) is 0 Å². The van der Waals surface area contributed by atoms with E-state index in [1.165, 1.54) is 9.75 Å². The molecule has 0 spiro atoms. The lowest BCUT2D eigenvalue weighted by molar-refractivity contribution is 0.412. The van der Waals surface area contributed by atoms with E-state index < -0.39 is 0 Å². The number of hydrogen-bond donors (Lipinski definition) is 2. The summed E-state index contributed by atoms with van der Waals surface area (Å²) in [6, 6.07) is 10.4. The summed E-state index contributed by atoms with van der Waals surface area (Å²) in [7, 11) is 1.67. The van der Waals surface area contributed by atoms with Gasteiger partial charge in [-0.1, -0.05) is 22.9 Å². The molecule has 0 radical (unpaired) electrons. The standard InChI is InChI=1S/C15H19BrN2OS/c1-3-11-5-6-12(20-11)9-15(18-17)13-8-10(19-2)4-7-14(13)16/h4-8,15,18H,3,9,17H2,1-2H3. The molecular weight excluding hydrogens is 336 g/mol. The number of methoxy groups -OCH3 is 1. The van der Waals surface area contributed by atoms with Gasteiger partial charge in [0, 0.05) is 20.6 Å². The Morgan fingerprint density at radius 1 is 1.30 bits per heavy atom. The molecule has 0 aliphatic heterocycles. The average Bonchev–Trinajstić information content (AvgIpc) is 2.93. The summed E-state index contributed by atoms with van der Waals surface area (Å²) >= 11 is 5.43. The maximum atomic E-state index is 5.75. The van der Waals surface area contributed by atoms with Gasteiger partial charge in [-0.05, 0) is 42.3 Å². The summed E-state index contributed by atoms with van der Waals surface area (Å²) in [4.78, 5) is 2.74. The summed E-state index contributed by atoms with van der Waals surface area (Å²) < 4.78 is 6.33. The molecule has 0 aliphatic rings. The highest BCUT2D eigenvalue weighted by atomic mass is 79.9. The van der Waals surface area contributed by atoms with Crippen molar-refractivity contribution in [3.8, 4) is 5.75 Å². The molecule has 0 saturated heterocycles. The van der Waals surface area contributed by atoms with Crippen LogP contribution in [0.25, 0.3) is 0 Å². The maximum absolute atomic E-state index is 5.75. The van der Waals surface area contributed by atoms with Crippen molar-refractivity contribution in [1.82, 2.24) is 5.43 Å². The van der Waals surface area contributed by atoms with Crippen LogP contribution in [0.2, 0.25) is 0 Å². The minimum Gasteiger partial charge on any atom is -0.497 e. The summed E-state index contributed by atoms with van der Waals surface area (Å²) in [5.41, 5.74) is 4.02. The van der Waals surface area contributed by atoms with E-state index in [9.17, 15) is 0 Å². The molecule has 20 heavy (non-hydrogen) atoms. The monoisotopic (exact) mass is 354 g/mol. The molecule has 2 aromatic rings. The third-order valence-corrected chi connectivity index (χ3v) is 5.22. The molecule has 0 amide bonds. The number of hydrazine groups is 1. The quantitative estimate of drug-likeness (QED) is 0.612. The van der Waals surface area contributed by atoms with Crippen molar-refractivity contribution in [2.75, 3.05) is 7.11 Å². The van der Waals surface area contributed by atoms with Crippen LogP contribution in [0.5, 0.6) is 5.75 Å². The van der Waals surface area contributed by atoms with E-state index >= 15 is 0 Å². The van der Waals surface area contributed by atoms with E-state index in [-0.39, 0.29) is 6.04 Å². The molecule has 1 unspecified atom stereocenters. The Labute approximate surface area is 132 Å². The van der Waals surface area contributed by atoms with Gasteiger partial charge in [-0.15, -0.1) is 11.3 Å². The number of ether oxygens (including phenoxy) is 1. The van der Waals surface area contributed by atoms with Crippen LogP contribution in [0.15, 0.2) is 34.8 Å². The van der Waals surface area contributed by atoms with Crippen molar-refractivity contribution in [2.24, 2.45) is 5.84 Å². The second kappa shape index (κ2) is 7.22. The Balaban J connectivity index is 2.23. The Kier molecular flexibility index (Phi) is 5.60. The Morgan fingerprint density at radius 2 is 2.05 bits per heavy atom. The first-order chi connectivity index (χ1) is 9.67. The number of benzene rings is 1. The molecule has 108 valence electrons. The lowest BCUT2D eigenvalue weighted by Gasteiger charge is -2.18. The molecule has 1 atom stereocenters. The number of rotatable bonds is 6. The van der Waals surface area contributed by atoms with E-state index in [1.54, 1.807) is 7.11 Å². The normalized spacial score (nSPS) is 12.4. The number of aryl methyl sites for hydroxylation is 1. The molecule has 1 aromatic carbocycles. The predicted molar refractivity (Wildman–Crippen MR) is 88.2 cm³/mol. The van der Waals surface area contributed by atoms with Crippen LogP contribution in [-0.4, -0.2) is 7.11 Å². The zero-order chi connectivity index (χ0) is 14.5. The third kappa shape index (κ3) is 3.61. The second-order valence-corrected chi connectivity index (χ2v) is 6.64. The molecule has 3 N–H and O–H groups in total. The van der Waals surface area contributed by atoms with Crippen LogP contribution in [0.4, 0.5) is 0 Å². The Bertz CT molecular complexity index is 571. The number of halogens is 1. The van der Waals surface area contributed by atoms with E-state index in [0.29, 0.717) is 0 Å². The molecular formula is C15H19BrN2OS. The van der Waals surface area contributed by atoms with Gasteiger partial charge in [0.25, 0.3) is 0 Å². The van der Waals surface area contributed by atoms with Crippen LogP contribution in [0, 0.1) is 0 Å². The van der Waals surface area contributed by atoms with E-state index in [1.807, 2.05) is 29.5 Å². The molecule has 1 heterocycles. The van der Waals surface area contributed by atoms with Crippen LogP contribution in [0.1, 0.15) is 28.3 Å². The highest BCUT2D eigenvalue weighted by molar-refractivity contribution is 9.10. The topological polar surface area (TPSA) is 47.3 Å². The molecule has 0 bridgehead atoms. The third-order valence-electron chi connectivity index (χ3n) is 3.25. The molecule has 0 saturated carbocycles. The van der Waals surface area contributed by atoms with E-state index in [4.69, 9.17) is 10.6 Å². The first-order valence-electron chi connectivity index (χ1n) is 6.55. The van der Waals surface area contributed by atoms with Crippen molar-refractivity contribution in [3.63, 3.8) is 0 Å². The number of nitrogens with two attached hydrogens (primary N) is 1. The first kappa shape index (κ1) is 15.5. The van der Waals surface area contributed by atoms with Crippen molar-refractivity contribution < 1.29 is 4.74 Å². The summed E-state index contributed by atoms with van der Waals surface area (Å²) in [5.74, 6) is 6.58. The Morgan fingerprint density at radius 3 is 2.65 bits per heavy atom. The summed E-state index contributed by atoms with van der Waals surface area (Å²) in [6.07, 6.45) is 1.95. The zero-order valence-corrected chi connectivity index (χ0v) is 14.1. The van der Waals surface area contributed by atoms with Crippen molar-refractivity contribution in [1.29, 1.82) is 0 Å². The maximum Gasteiger partial charge on any atom is 0.119 e. The number of thiophene rings is 1. The molecule has 0 aliphatic carbocycles. The molecule has 5 heteroatoms. The largest absolute Gasteiger partial charge is 0.497 e. The minimum atomic E-state index is 0.0582. The fourth-order valence-electron chi connectivity index (χ4n) is 2.10. The van der Waals surface area contributed by atoms with Crippen LogP contribution >= 0.6 is 27.3 Å². The minimum absolute atomic E-state index is 0.0582. The number of hydrogen-bond acceptors (Lipinski definition) is 4. The first-order valence-corrected chi connectivity index (χ1v) is 8.16. The van der Waals surface area contributed by atoms with Gasteiger partial charge in [0.15, 0.2) is 0 Å². The fourth-order valence-corrected chi connectivity index (χ4v) is 3.62. The Hall–Kier alpha value is -0.880. The van der Waals surface area contributed by atoms with Gasteiger partial charge in [-0.3, -0.25) is 11.3 Å². The van der Waals surface area contributed by atoms with Crippen molar-refractivity contribution in [2.45, 2.75) is 25.8 Å². The van der Waals surface area contributed by atoms with Gasteiger partial charge in [0.2, 0.25) is 0 Å². The van der Waals surface area contributed by atoms with Gasteiger partial charge in [-0.25, -0.2) is 0 Å². The van der Waals surface area contributed by atoms with Crippen LogP contribution in [-0.2, 0) is 12.8 Å². The molecule has 1 aromatic heterocycles. The lowest BCUT2D eigenvalue weighted by Crippen LogP contribution is -2.29. The molecule has 0 fully saturated rings. The van der Waals surface area contributed by atoms with Crippen LogP contribution < -0.4 is 16.0 Å². The second-order valence-electron chi connectivity index (χ2n) is 4.53. The molecule has 3 nitrogen and oxygen atoms in total.